The Labute approximate surface area is 181 Å². The zero-order valence-corrected chi connectivity index (χ0v) is 17.1. The minimum absolute atomic E-state index is 0.291. The van der Waals surface area contributed by atoms with Gasteiger partial charge in [0.25, 0.3) is 11.1 Å². The number of carbonyl (C=O) groups excluding carboxylic acids is 2. The van der Waals surface area contributed by atoms with Crippen LogP contribution in [-0.4, -0.2) is 11.1 Å². The molecule has 0 bridgehead atoms. The van der Waals surface area contributed by atoms with Crippen LogP contribution in [0.5, 0.6) is 5.75 Å². The van der Waals surface area contributed by atoms with Gasteiger partial charge in [0.2, 0.25) is 0 Å². The molecule has 0 radical (unpaired) electrons. The fourth-order valence-corrected chi connectivity index (χ4v) is 3.84. The highest BCUT2D eigenvalue weighted by Crippen LogP contribution is 2.36. The third kappa shape index (κ3) is 4.56. The molecule has 0 aromatic heterocycles. The number of benzene rings is 3. The molecule has 4 rings (SSSR count). The van der Waals surface area contributed by atoms with Crippen molar-refractivity contribution >= 4 is 46.3 Å². The summed E-state index contributed by atoms with van der Waals surface area (Å²) in [4.78, 5) is 26.4. The molecular formula is C23H15ClFNO3S. The Hall–Kier alpha value is -3.09. The van der Waals surface area contributed by atoms with Crippen molar-refractivity contribution in [2.75, 3.05) is 4.90 Å². The zero-order valence-electron chi connectivity index (χ0n) is 15.5. The maximum absolute atomic E-state index is 13.1. The topological polar surface area (TPSA) is 46.6 Å². The van der Waals surface area contributed by atoms with E-state index < -0.39 is 17.0 Å². The second-order valence-corrected chi connectivity index (χ2v) is 7.91. The molecule has 3 aromatic rings. The normalized spacial score (nSPS) is 15.1. The van der Waals surface area contributed by atoms with Crippen LogP contribution in [0.4, 0.5) is 14.9 Å². The van der Waals surface area contributed by atoms with E-state index in [2.05, 4.69) is 0 Å². The lowest BCUT2D eigenvalue weighted by atomic mass is 10.2. The lowest BCUT2D eigenvalue weighted by Gasteiger charge is -2.11. The van der Waals surface area contributed by atoms with E-state index in [0.717, 1.165) is 27.8 Å². The predicted octanol–water partition coefficient (Wildman–Crippen LogP) is 6.30. The molecule has 2 amide bonds. The smallest absolute Gasteiger partial charge is 0.298 e. The Morgan fingerprint density at radius 2 is 1.73 bits per heavy atom. The van der Waals surface area contributed by atoms with Crippen molar-refractivity contribution in [3.63, 3.8) is 0 Å². The molecule has 3 aromatic carbocycles. The summed E-state index contributed by atoms with van der Waals surface area (Å²) in [7, 11) is 0. The number of carbonyl (C=O) groups is 2. The molecule has 0 N–H and O–H groups in total. The van der Waals surface area contributed by atoms with Gasteiger partial charge >= 0.3 is 0 Å². The van der Waals surface area contributed by atoms with Crippen LogP contribution >= 0.6 is 23.4 Å². The third-order valence-electron chi connectivity index (χ3n) is 4.35. The van der Waals surface area contributed by atoms with Gasteiger partial charge in [-0.1, -0.05) is 35.9 Å². The van der Waals surface area contributed by atoms with Crippen LogP contribution in [0.1, 0.15) is 11.1 Å². The first-order chi connectivity index (χ1) is 14.5. The molecule has 0 spiro atoms. The Morgan fingerprint density at radius 1 is 1.00 bits per heavy atom. The average Bonchev–Trinajstić information content (AvgIpc) is 3.02. The van der Waals surface area contributed by atoms with Gasteiger partial charge in [0.15, 0.2) is 0 Å². The molecule has 0 aliphatic carbocycles. The SMILES string of the molecule is O=C1S/C(=C\c2cccc(OCc3ccc(Cl)cc3)c2)C(=O)N1c1ccc(F)cc1. The molecule has 7 heteroatoms. The van der Waals surface area contributed by atoms with E-state index in [1.165, 1.54) is 24.3 Å². The molecule has 1 aliphatic rings. The number of rotatable bonds is 5. The fourth-order valence-electron chi connectivity index (χ4n) is 2.87. The summed E-state index contributed by atoms with van der Waals surface area (Å²) in [6, 6.07) is 19.8. The number of hydrogen-bond acceptors (Lipinski definition) is 4. The molecule has 1 fully saturated rings. The van der Waals surface area contributed by atoms with Crippen molar-refractivity contribution in [1.82, 2.24) is 0 Å². The van der Waals surface area contributed by atoms with Gasteiger partial charge in [-0.15, -0.1) is 0 Å². The molecule has 1 saturated heterocycles. The molecule has 0 saturated carbocycles. The van der Waals surface area contributed by atoms with Crippen LogP contribution in [0.25, 0.3) is 6.08 Å². The highest BCUT2D eigenvalue weighted by molar-refractivity contribution is 8.19. The van der Waals surface area contributed by atoms with Crippen molar-refractivity contribution in [1.29, 1.82) is 0 Å². The molecule has 4 nitrogen and oxygen atoms in total. The molecular weight excluding hydrogens is 425 g/mol. The molecule has 1 aliphatic heterocycles. The summed E-state index contributed by atoms with van der Waals surface area (Å²) >= 11 is 6.73. The quantitative estimate of drug-likeness (QED) is 0.438. The van der Waals surface area contributed by atoms with Crippen LogP contribution < -0.4 is 9.64 Å². The summed E-state index contributed by atoms with van der Waals surface area (Å²) in [5, 5.41) is 0.239. The van der Waals surface area contributed by atoms with E-state index >= 15 is 0 Å². The second kappa shape index (κ2) is 8.73. The van der Waals surface area contributed by atoms with Gasteiger partial charge in [0.1, 0.15) is 18.2 Å². The number of hydrogen-bond donors (Lipinski definition) is 0. The van der Waals surface area contributed by atoms with E-state index in [-0.39, 0.29) is 0 Å². The van der Waals surface area contributed by atoms with Crippen LogP contribution in [-0.2, 0) is 11.4 Å². The number of ether oxygens (including phenoxy) is 1. The average molecular weight is 440 g/mol. The first kappa shape index (κ1) is 20.2. The number of anilines is 1. The number of halogens is 2. The summed E-state index contributed by atoms with van der Waals surface area (Å²) in [6.07, 6.45) is 1.64. The summed E-state index contributed by atoms with van der Waals surface area (Å²) < 4.78 is 18.9. The minimum atomic E-state index is -0.441. The predicted molar refractivity (Wildman–Crippen MR) is 117 cm³/mol. The first-order valence-corrected chi connectivity index (χ1v) is 10.2. The first-order valence-electron chi connectivity index (χ1n) is 9.00. The molecule has 30 heavy (non-hydrogen) atoms. The molecule has 0 atom stereocenters. The molecule has 0 unspecified atom stereocenters. The van der Waals surface area contributed by atoms with Gasteiger partial charge in [0.05, 0.1) is 10.6 Å². The van der Waals surface area contributed by atoms with E-state index in [0.29, 0.717) is 28.0 Å². The number of nitrogens with zero attached hydrogens (tertiary/aromatic N) is 1. The summed E-state index contributed by atoms with van der Waals surface area (Å²) in [5.74, 6) is -0.239. The second-order valence-electron chi connectivity index (χ2n) is 6.48. The Balaban J connectivity index is 1.49. The minimum Gasteiger partial charge on any atom is -0.489 e. The lowest BCUT2D eigenvalue weighted by molar-refractivity contribution is -0.113. The van der Waals surface area contributed by atoms with Gasteiger partial charge in [-0.05, 0) is 77.5 Å². The fraction of sp³-hybridized carbons (Fsp3) is 0.0435. The van der Waals surface area contributed by atoms with Gasteiger partial charge in [-0.3, -0.25) is 9.59 Å². The summed E-state index contributed by atoms with van der Waals surface area (Å²) in [6.45, 7) is 0.377. The van der Waals surface area contributed by atoms with Crippen molar-refractivity contribution in [2.45, 2.75) is 6.61 Å². The van der Waals surface area contributed by atoms with Crippen LogP contribution in [0.3, 0.4) is 0 Å². The molecule has 1 heterocycles. The Bertz CT molecular complexity index is 1130. The standard InChI is InChI=1S/C23H15ClFNO3S/c24-17-6-4-15(5-7-17)14-29-20-3-1-2-16(12-20)13-21-22(27)26(23(28)30-21)19-10-8-18(25)9-11-19/h1-13H,14H2/b21-13-. The van der Waals surface area contributed by atoms with E-state index in [4.69, 9.17) is 16.3 Å². The van der Waals surface area contributed by atoms with Crippen molar-refractivity contribution in [3.05, 3.63) is 99.7 Å². The van der Waals surface area contributed by atoms with E-state index in [1.807, 2.05) is 30.3 Å². The van der Waals surface area contributed by atoms with Gasteiger partial charge < -0.3 is 4.74 Å². The highest BCUT2D eigenvalue weighted by Gasteiger charge is 2.36. The van der Waals surface area contributed by atoms with E-state index in [1.54, 1.807) is 24.3 Å². The maximum atomic E-state index is 13.1. The third-order valence-corrected chi connectivity index (χ3v) is 5.47. The Morgan fingerprint density at radius 3 is 2.47 bits per heavy atom. The van der Waals surface area contributed by atoms with Gasteiger partial charge in [-0.2, -0.15) is 0 Å². The molecule has 150 valence electrons. The monoisotopic (exact) mass is 439 g/mol. The van der Waals surface area contributed by atoms with Crippen molar-refractivity contribution in [3.8, 4) is 5.75 Å². The highest BCUT2D eigenvalue weighted by atomic mass is 35.5. The number of imide groups is 1. The van der Waals surface area contributed by atoms with Gasteiger partial charge in [-0.25, -0.2) is 9.29 Å². The number of thioether (sulfide) groups is 1. The van der Waals surface area contributed by atoms with Crippen LogP contribution in [0.2, 0.25) is 5.02 Å². The van der Waals surface area contributed by atoms with Crippen LogP contribution in [0.15, 0.2) is 77.7 Å². The largest absolute Gasteiger partial charge is 0.489 e. The maximum Gasteiger partial charge on any atom is 0.298 e. The van der Waals surface area contributed by atoms with E-state index in [9.17, 15) is 14.0 Å². The van der Waals surface area contributed by atoms with Crippen molar-refractivity contribution < 1.29 is 18.7 Å². The van der Waals surface area contributed by atoms with Crippen LogP contribution in [0, 0.1) is 5.82 Å². The van der Waals surface area contributed by atoms with Gasteiger partial charge in [0, 0.05) is 5.02 Å². The zero-order chi connectivity index (χ0) is 21.1. The summed E-state index contributed by atoms with van der Waals surface area (Å²) in [5.41, 5.74) is 2.04. The lowest BCUT2D eigenvalue weighted by Crippen LogP contribution is -2.27. The van der Waals surface area contributed by atoms with Crippen molar-refractivity contribution in [2.24, 2.45) is 0 Å². The number of amides is 2. The Kier molecular flexibility index (Phi) is 5.88.